The van der Waals surface area contributed by atoms with Gasteiger partial charge >= 0.3 is 0 Å². The van der Waals surface area contributed by atoms with Crippen LogP contribution >= 0.6 is 0 Å². The van der Waals surface area contributed by atoms with Gasteiger partial charge in [-0.1, -0.05) is 0 Å². The highest BCUT2D eigenvalue weighted by atomic mass is 19.3. The van der Waals surface area contributed by atoms with Gasteiger partial charge in [0.1, 0.15) is 11.8 Å². The third-order valence-electron chi connectivity index (χ3n) is 1.85. The van der Waals surface area contributed by atoms with Crippen LogP contribution in [0.4, 0.5) is 14.5 Å². The van der Waals surface area contributed by atoms with Crippen LogP contribution in [-0.2, 0) is 0 Å². The van der Waals surface area contributed by atoms with E-state index in [1.54, 1.807) is 0 Å². The Bertz CT molecular complexity index is 396. The van der Waals surface area contributed by atoms with Crippen LogP contribution < -0.4 is 4.74 Å². The molecule has 0 aliphatic carbocycles. The highest BCUT2D eigenvalue weighted by molar-refractivity contribution is 5.50. The van der Waals surface area contributed by atoms with Crippen LogP contribution in [0.5, 0.6) is 5.75 Å². The number of aromatic nitrogens is 1. The second kappa shape index (κ2) is 4.16. The fraction of sp³-hybridized carbons (Fsp3) is 0.375. The predicted molar refractivity (Wildman–Crippen MR) is 47.1 cm³/mol. The minimum Gasteiger partial charge on any atom is -0.494 e. The number of methoxy groups -OCH3 is 1. The molecule has 0 atom stereocenters. The van der Waals surface area contributed by atoms with Crippen LogP contribution in [0, 0.1) is 17.0 Å². The summed E-state index contributed by atoms with van der Waals surface area (Å²) < 4.78 is 29.9. The smallest absolute Gasteiger partial charge is 0.300 e. The number of halogens is 2. The first-order chi connectivity index (χ1) is 6.99. The normalized spacial score (nSPS) is 10.5. The first-order valence-electron chi connectivity index (χ1n) is 3.95. The van der Waals surface area contributed by atoms with Gasteiger partial charge < -0.3 is 4.74 Å². The molecule has 82 valence electrons. The molecule has 1 aromatic rings. The second-order valence-corrected chi connectivity index (χ2v) is 2.73. The summed E-state index contributed by atoms with van der Waals surface area (Å²) in [6.07, 6.45) is -2.17. The van der Waals surface area contributed by atoms with E-state index in [0.717, 1.165) is 6.20 Å². The molecule has 15 heavy (non-hydrogen) atoms. The molecule has 0 radical (unpaired) electrons. The Balaban J connectivity index is 3.49. The van der Waals surface area contributed by atoms with Gasteiger partial charge in [-0.3, -0.25) is 15.1 Å². The Morgan fingerprint density at radius 1 is 1.60 bits per heavy atom. The minimum absolute atomic E-state index is 0.193. The van der Waals surface area contributed by atoms with Crippen LogP contribution in [0.2, 0.25) is 0 Å². The molecule has 0 aliphatic heterocycles. The largest absolute Gasteiger partial charge is 0.494 e. The van der Waals surface area contributed by atoms with E-state index >= 15 is 0 Å². The molecule has 1 rings (SSSR count). The maximum atomic E-state index is 12.6. The topological polar surface area (TPSA) is 65.3 Å². The maximum absolute atomic E-state index is 12.6. The van der Waals surface area contributed by atoms with E-state index in [9.17, 15) is 18.9 Å². The number of hydrogen-bond acceptors (Lipinski definition) is 4. The monoisotopic (exact) mass is 218 g/mol. The lowest BCUT2D eigenvalue weighted by molar-refractivity contribution is -0.386. The number of aryl methyl sites for hydroxylation is 1. The molecule has 0 fully saturated rings. The van der Waals surface area contributed by atoms with Crippen LogP contribution in [0.15, 0.2) is 6.20 Å². The van der Waals surface area contributed by atoms with Gasteiger partial charge in [0.2, 0.25) is 0 Å². The molecule has 0 N–H and O–H groups in total. The van der Waals surface area contributed by atoms with E-state index in [-0.39, 0.29) is 11.4 Å². The average molecular weight is 218 g/mol. The van der Waals surface area contributed by atoms with E-state index in [1.807, 2.05) is 0 Å². The summed E-state index contributed by atoms with van der Waals surface area (Å²) in [5.41, 5.74) is -1.26. The highest BCUT2D eigenvalue weighted by Gasteiger charge is 2.28. The fourth-order valence-corrected chi connectivity index (χ4v) is 1.21. The lowest BCUT2D eigenvalue weighted by Gasteiger charge is -2.09. The predicted octanol–water partition coefficient (Wildman–Crippen LogP) is 2.24. The number of pyridine rings is 1. The molecule has 0 saturated heterocycles. The Morgan fingerprint density at radius 3 is 2.60 bits per heavy atom. The van der Waals surface area contributed by atoms with Gasteiger partial charge in [-0.25, -0.2) is 8.78 Å². The molecule has 0 unspecified atom stereocenters. The van der Waals surface area contributed by atoms with Crippen molar-refractivity contribution in [1.29, 1.82) is 0 Å². The third kappa shape index (κ3) is 2.00. The molecule has 1 aromatic heterocycles. The average Bonchev–Trinajstić information content (AvgIpc) is 2.16. The van der Waals surface area contributed by atoms with Crippen molar-refractivity contribution in [2.45, 2.75) is 13.3 Å². The van der Waals surface area contributed by atoms with Crippen molar-refractivity contribution in [2.75, 3.05) is 7.11 Å². The first-order valence-corrected chi connectivity index (χ1v) is 3.95. The van der Waals surface area contributed by atoms with Crippen molar-refractivity contribution in [2.24, 2.45) is 0 Å². The van der Waals surface area contributed by atoms with Gasteiger partial charge in [-0.2, -0.15) is 0 Å². The number of nitro groups is 1. The van der Waals surface area contributed by atoms with Crippen molar-refractivity contribution < 1.29 is 18.4 Å². The Morgan fingerprint density at radius 2 is 2.20 bits per heavy atom. The van der Waals surface area contributed by atoms with E-state index < -0.39 is 22.6 Å². The Labute approximate surface area is 83.8 Å². The zero-order chi connectivity index (χ0) is 11.6. The number of ether oxygens (including phenoxy) is 1. The number of alkyl halides is 2. The molecule has 1 heterocycles. The molecular weight excluding hydrogens is 210 g/mol. The summed E-state index contributed by atoms with van der Waals surface area (Å²) in [4.78, 5) is 13.2. The van der Waals surface area contributed by atoms with E-state index in [2.05, 4.69) is 9.72 Å². The van der Waals surface area contributed by atoms with Crippen molar-refractivity contribution in [3.05, 3.63) is 27.6 Å². The Hall–Kier alpha value is -1.79. The summed E-state index contributed by atoms with van der Waals surface area (Å²) in [6, 6.07) is 0. The van der Waals surface area contributed by atoms with Crippen molar-refractivity contribution in [3.8, 4) is 5.75 Å². The fourth-order valence-electron chi connectivity index (χ4n) is 1.21. The molecule has 0 spiro atoms. The minimum atomic E-state index is -2.97. The van der Waals surface area contributed by atoms with Crippen molar-refractivity contribution >= 4 is 5.69 Å². The number of nitrogens with zero attached hydrogens (tertiary/aromatic N) is 2. The zero-order valence-corrected chi connectivity index (χ0v) is 8.03. The SMILES string of the molecule is COc1c(C)ncc([N+](=O)[O-])c1C(F)F. The van der Waals surface area contributed by atoms with Crippen LogP contribution in [0.3, 0.4) is 0 Å². The van der Waals surface area contributed by atoms with Crippen molar-refractivity contribution in [1.82, 2.24) is 4.98 Å². The lowest BCUT2D eigenvalue weighted by Crippen LogP contribution is -2.03. The van der Waals surface area contributed by atoms with Gasteiger partial charge in [-0.15, -0.1) is 0 Å². The van der Waals surface area contributed by atoms with Gasteiger partial charge in [-0.05, 0) is 6.92 Å². The molecular formula is C8H8F2N2O3. The van der Waals surface area contributed by atoms with Gasteiger partial charge in [0.05, 0.1) is 17.7 Å². The summed E-state index contributed by atoms with van der Waals surface area (Å²) in [7, 11) is 1.17. The van der Waals surface area contributed by atoms with E-state index in [1.165, 1.54) is 14.0 Å². The summed E-state index contributed by atoms with van der Waals surface area (Å²) in [5.74, 6) is -0.237. The molecule has 0 amide bonds. The Kier molecular flexibility index (Phi) is 3.13. The second-order valence-electron chi connectivity index (χ2n) is 2.73. The summed E-state index contributed by atoms with van der Waals surface area (Å²) in [5, 5.41) is 10.5. The number of rotatable bonds is 3. The van der Waals surface area contributed by atoms with Gasteiger partial charge in [0.15, 0.2) is 5.75 Å². The molecule has 0 bridgehead atoms. The molecule has 0 aromatic carbocycles. The molecule has 0 saturated carbocycles. The molecule has 7 heteroatoms. The van der Waals surface area contributed by atoms with Crippen LogP contribution in [-0.4, -0.2) is 17.0 Å². The highest BCUT2D eigenvalue weighted by Crippen LogP contribution is 2.37. The van der Waals surface area contributed by atoms with Crippen LogP contribution in [0.25, 0.3) is 0 Å². The van der Waals surface area contributed by atoms with Gasteiger partial charge in [0.25, 0.3) is 12.1 Å². The van der Waals surface area contributed by atoms with Crippen molar-refractivity contribution in [3.63, 3.8) is 0 Å². The van der Waals surface area contributed by atoms with Gasteiger partial charge in [0, 0.05) is 0 Å². The number of hydrogen-bond donors (Lipinski definition) is 0. The standard InChI is InChI=1S/C8H8F2N2O3/c1-4-7(15-2)6(8(9)10)5(3-11-4)12(13)14/h3,8H,1-2H3. The van der Waals surface area contributed by atoms with Crippen LogP contribution in [0.1, 0.15) is 17.7 Å². The summed E-state index contributed by atoms with van der Waals surface area (Å²) >= 11 is 0. The molecule has 5 nitrogen and oxygen atoms in total. The molecule has 0 aliphatic rings. The lowest BCUT2D eigenvalue weighted by atomic mass is 10.2. The quantitative estimate of drug-likeness (QED) is 0.576. The third-order valence-corrected chi connectivity index (χ3v) is 1.85. The summed E-state index contributed by atoms with van der Waals surface area (Å²) in [6.45, 7) is 1.44. The first kappa shape index (κ1) is 11.3. The van der Waals surface area contributed by atoms with E-state index in [4.69, 9.17) is 0 Å². The van der Waals surface area contributed by atoms with E-state index in [0.29, 0.717) is 0 Å². The zero-order valence-electron chi connectivity index (χ0n) is 8.03. The maximum Gasteiger partial charge on any atom is 0.300 e.